The molecule has 0 saturated heterocycles. The molecule has 158 valence electrons. The predicted octanol–water partition coefficient (Wildman–Crippen LogP) is 3.77. The molecule has 0 heterocycles. The molecule has 2 aliphatic rings. The van der Waals surface area contributed by atoms with Crippen LogP contribution in [0, 0.1) is 16.7 Å². The van der Waals surface area contributed by atoms with Gasteiger partial charge in [0.15, 0.2) is 5.78 Å². The van der Waals surface area contributed by atoms with Gasteiger partial charge in [-0.3, -0.25) is 18.9 Å². The maximum atomic E-state index is 13.5. The highest BCUT2D eigenvalue weighted by Crippen LogP contribution is 2.63. The highest BCUT2D eigenvalue weighted by Gasteiger charge is 2.72. The second kappa shape index (κ2) is 7.48. The monoisotopic (exact) mass is 419 g/mol. The van der Waals surface area contributed by atoms with Crippen molar-refractivity contribution in [2.24, 2.45) is 16.7 Å². The van der Waals surface area contributed by atoms with Crippen molar-refractivity contribution in [1.29, 1.82) is 0 Å². The fraction of sp³-hybridized carbons (Fsp3) is 0.591. The first kappa shape index (κ1) is 21.9. The Labute approximate surface area is 172 Å². The van der Waals surface area contributed by atoms with Crippen molar-refractivity contribution in [3.63, 3.8) is 0 Å². The molecule has 3 unspecified atom stereocenters. The van der Waals surface area contributed by atoms with Gasteiger partial charge in [-0.1, -0.05) is 33.3 Å². The molecule has 0 spiro atoms. The van der Waals surface area contributed by atoms with E-state index in [1.165, 1.54) is 6.07 Å². The van der Waals surface area contributed by atoms with E-state index < -0.39 is 35.7 Å². The van der Waals surface area contributed by atoms with E-state index in [1.54, 1.807) is 19.1 Å². The molecule has 3 atom stereocenters. The molecule has 2 bridgehead atoms. The molecule has 29 heavy (non-hydrogen) atoms. The number of ketones is 3. The summed E-state index contributed by atoms with van der Waals surface area (Å²) in [6, 6.07) is 4.65. The van der Waals surface area contributed by atoms with E-state index in [2.05, 4.69) is 0 Å². The van der Waals surface area contributed by atoms with Gasteiger partial charge in [0.1, 0.15) is 5.41 Å². The highest BCUT2D eigenvalue weighted by molar-refractivity contribution is 7.67. The summed E-state index contributed by atoms with van der Waals surface area (Å²) in [6.45, 7) is 7.76. The summed E-state index contributed by atoms with van der Waals surface area (Å²) in [7, 11) is -3.12. The zero-order valence-electron chi connectivity index (χ0n) is 17.6. The molecule has 1 aromatic rings. The van der Waals surface area contributed by atoms with Crippen molar-refractivity contribution in [3.8, 4) is 0 Å². The predicted molar refractivity (Wildman–Crippen MR) is 113 cm³/mol. The van der Waals surface area contributed by atoms with Crippen LogP contribution in [-0.2, 0) is 18.7 Å². The number of nitrogens with two attached hydrogens (primary N) is 1. The first-order valence-corrected chi connectivity index (χ1v) is 12.1. The first-order chi connectivity index (χ1) is 13.6. The van der Waals surface area contributed by atoms with Crippen molar-refractivity contribution >= 4 is 35.7 Å². The van der Waals surface area contributed by atoms with E-state index in [4.69, 9.17) is 10.3 Å². The summed E-state index contributed by atoms with van der Waals surface area (Å²) >= 11 is 0. The lowest BCUT2D eigenvalue weighted by molar-refractivity contribution is -0.140. The van der Waals surface area contributed by atoms with Gasteiger partial charge in [0.2, 0.25) is 18.9 Å². The van der Waals surface area contributed by atoms with Gasteiger partial charge >= 0.3 is 0 Å². The average molecular weight is 419 g/mol. The molecule has 7 heteroatoms. The maximum absolute atomic E-state index is 13.5. The van der Waals surface area contributed by atoms with Crippen molar-refractivity contribution in [2.45, 2.75) is 53.4 Å². The van der Waals surface area contributed by atoms with Crippen LogP contribution >= 0.6 is 7.37 Å². The van der Waals surface area contributed by atoms with Crippen LogP contribution in [0.25, 0.3) is 0 Å². The second-order valence-corrected chi connectivity index (χ2v) is 11.2. The van der Waals surface area contributed by atoms with Gasteiger partial charge in [0, 0.05) is 23.3 Å². The van der Waals surface area contributed by atoms with Gasteiger partial charge in [-0.05, 0) is 43.7 Å². The largest absolute Gasteiger partial charge is 0.398 e. The van der Waals surface area contributed by atoms with Gasteiger partial charge in [-0.15, -0.1) is 0 Å². The van der Waals surface area contributed by atoms with E-state index in [0.29, 0.717) is 30.9 Å². The fourth-order valence-electron chi connectivity index (χ4n) is 5.17. The molecule has 2 aliphatic carbocycles. The Morgan fingerprint density at radius 3 is 2.48 bits per heavy atom. The molecule has 2 saturated carbocycles. The summed E-state index contributed by atoms with van der Waals surface area (Å²) < 4.78 is 19.0. The van der Waals surface area contributed by atoms with Crippen molar-refractivity contribution < 1.29 is 23.5 Å². The lowest BCUT2D eigenvalue weighted by Gasteiger charge is -2.34. The van der Waals surface area contributed by atoms with Crippen LogP contribution in [0.4, 0.5) is 5.69 Å². The molecule has 1 aromatic carbocycles. The maximum Gasteiger partial charge on any atom is 0.234 e. The summed E-state index contributed by atoms with van der Waals surface area (Å²) in [5.41, 5.74) is 4.68. The van der Waals surface area contributed by atoms with Crippen LogP contribution in [0.3, 0.4) is 0 Å². The Bertz CT molecular complexity index is 922. The summed E-state index contributed by atoms with van der Waals surface area (Å²) in [5.74, 6) is -1.77. The molecular formula is C22H30NO5P. The molecule has 2 fully saturated rings. The molecule has 0 radical (unpaired) electrons. The second-order valence-electron chi connectivity index (χ2n) is 8.68. The lowest BCUT2D eigenvalue weighted by atomic mass is 9.65. The van der Waals surface area contributed by atoms with Crippen molar-refractivity contribution in [1.82, 2.24) is 0 Å². The molecular weight excluding hydrogens is 389 g/mol. The number of nitrogen functional groups attached to an aromatic ring is 1. The van der Waals surface area contributed by atoms with E-state index >= 15 is 0 Å². The van der Waals surface area contributed by atoms with Gasteiger partial charge < -0.3 is 10.3 Å². The van der Waals surface area contributed by atoms with Crippen LogP contribution in [0.1, 0.15) is 63.7 Å². The quantitative estimate of drug-likeness (QED) is 0.226. The summed E-state index contributed by atoms with van der Waals surface area (Å²) in [4.78, 5) is 38.6. The third-order valence-electron chi connectivity index (χ3n) is 6.90. The summed E-state index contributed by atoms with van der Waals surface area (Å²) in [5, 5.41) is 0.416. The lowest BCUT2D eigenvalue weighted by Crippen LogP contribution is -2.44. The molecule has 0 aliphatic heterocycles. The molecule has 0 amide bonds. The standard InChI is InChI=1S/C22H30NO5P/c1-5-7-12-29(27,28-6-2)17-9-8-14(13-16(17)23)19(25)22-11-10-15(21(22,3)4)18(24)20(22)26/h8-9,13,15H,5-7,10-12,23H2,1-4H3. The molecule has 2 N–H and O–H groups in total. The SMILES string of the molecule is CCCCP(=O)(OCC)c1ccc(C(=O)C23CCC(C(=O)C2=O)C3(C)C)cc1N. The number of hydrogen-bond donors (Lipinski definition) is 1. The number of carbonyl (C=O) groups is 3. The topological polar surface area (TPSA) is 104 Å². The molecule has 0 aromatic heterocycles. The first-order valence-electron chi connectivity index (χ1n) is 10.3. The zero-order valence-corrected chi connectivity index (χ0v) is 18.5. The number of anilines is 1. The average Bonchev–Trinajstić information content (AvgIpc) is 3.02. The van der Waals surface area contributed by atoms with E-state index in [-0.39, 0.29) is 17.0 Å². The Balaban J connectivity index is 2.01. The Morgan fingerprint density at radius 2 is 1.97 bits per heavy atom. The Morgan fingerprint density at radius 1 is 1.28 bits per heavy atom. The van der Waals surface area contributed by atoms with E-state index in [1.807, 2.05) is 20.8 Å². The van der Waals surface area contributed by atoms with E-state index in [9.17, 15) is 18.9 Å². The third kappa shape index (κ3) is 3.03. The molecule has 3 rings (SSSR count). The number of carbonyl (C=O) groups excluding carboxylic acids is 3. The number of Topliss-reactive ketones (excluding diaryl/α,β-unsaturated/α-hetero) is 3. The minimum absolute atomic E-state index is 0.226. The minimum atomic E-state index is -3.12. The van der Waals surface area contributed by atoms with Crippen LogP contribution in [0.2, 0.25) is 0 Å². The number of fused-ring (bicyclic) bond motifs is 2. The van der Waals surface area contributed by atoms with Crippen LogP contribution in [0.5, 0.6) is 0 Å². The van der Waals surface area contributed by atoms with Crippen LogP contribution < -0.4 is 11.0 Å². The van der Waals surface area contributed by atoms with Crippen molar-refractivity contribution in [3.05, 3.63) is 23.8 Å². The Hall–Kier alpha value is -1.78. The number of unbranched alkanes of at least 4 members (excludes halogenated alkanes) is 1. The number of rotatable bonds is 8. The van der Waals surface area contributed by atoms with E-state index in [0.717, 1.165) is 12.8 Å². The van der Waals surface area contributed by atoms with Crippen LogP contribution in [0.15, 0.2) is 18.2 Å². The van der Waals surface area contributed by atoms with Gasteiger partial charge in [0.05, 0.1) is 11.9 Å². The van der Waals surface area contributed by atoms with Crippen LogP contribution in [-0.4, -0.2) is 30.1 Å². The van der Waals surface area contributed by atoms with Gasteiger partial charge in [-0.25, -0.2) is 0 Å². The third-order valence-corrected chi connectivity index (χ3v) is 9.62. The van der Waals surface area contributed by atoms with Gasteiger partial charge in [-0.2, -0.15) is 0 Å². The highest BCUT2D eigenvalue weighted by atomic mass is 31.2. The number of benzene rings is 1. The Kier molecular flexibility index (Phi) is 5.65. The zero-order chi connectivity index (χ0) is 21.6. The smallest absolute Gasteiger partial charge is 0.234 e. The minimum Gasteiger partial charge on any atom is -0.398 e. The summed E-state index contributed by atoms with van der Waals surface area (Å²) in [6.07, 6.45) is 2.94. The molecule has 6 nitrogen and oxygen atoms in total. The van der Waals surface area contributed by atoms with Gasteiger partial charge in [0.25, 0.3) is 0 Å². The number of hydrogen-bond acceptors (Lipinski definition) is 6. The van der Waals surface area contributed by atoms with Crippen molar-refractivity contribution in [2.75, 3.05) is 18.5 Å². The normalized spacial score (nSPS) is 27.2. The fourth-order valence-corrected chi connectivity index (χ4v) is 7.58.